The topological polar surface area (TPSA) is 31.2 Å². The van der Waals surface area contributed by atoms with Gasteiger partial charge in [-0.25, -0.2) is 8.78 Å². The molecule has 0 saturated carbocycles. The first-order valence-corrected chi connectivity index (χ1v) is 9.03. The van der Waals surface area contributed by atoms with E-state index in [1.807, 2.05) is 19.2 Å². The van der Waals surface area contributed by atoms with Crippen molar-refractivity contribution in [3.05, 3.63) is 50.7 Å². The number of ether oxygens (including phenoxy) is 1. The SMILES string of the molecule is CSCOc1ccc(-c2ccc(Br)c(=O)n2CC(F)F)c(C)c1. The lowest BCUT2D eigenvalue weighted by Crippen LogP contribution is -2.25. The summed E-state index contributed by atoms with van der Waals surface area (Å²) >= 11 is 4.66. The van der Waals surface area contributed by atoms with Crippen molar-refractivity contribution in [3.8, 4) is 17.0 Å². The average Bonchev–Trinajstić information content (AvgIpc) is 2.50. The second kappa shape index (κ2) is 7.97. The van der Waals surface area contributed by atoms with E-state index >= 15 is 0 Å². The van der Waals surface area contributed by atoms with Crippen molar-refractivity contribution in [2.75, 3.05) is 12.2 Å². The summed E-state index contributed by atoms with van der Waals surface area (Å²) in [5, 5.41) is 0. The number of aryl methyl sites for hydroxylation is 1. The summed E-state index contributed by atoms with van der Waals surface area (Å²) < 4.78 is 32.6. The number of benzene rings is 1. The average molecular weight is 404 g/mol. The Bertz CT molecular complexity index is 749. The molecule has 0 N–H and O–H groups in total. The first kappa shape index (κ1) is 18.0. The molecular weight excluding hydrogens is 388 g/mol. The molecule has 23 heavy (non-hydrogen) atoms. The van der Waals surface area contributed by atoms with Gasteiger partial charge in [0.25, 0.3) is 12.0 Å². The lowest BCUT2D eigenvalue weighted by Gasteiger charge is -2.16. The second-order valence-electron chi connectivity index (χ2n) is 4.90. The van der Waals surface area contributed by atoms with Gasteiger partial charge >= 0.3 is 0 Å². The number of pyridine rings is 1. The van der Waals surface area contributed by atoms with Gasteiger partial charge in [0.1, 0.15) is 11.7 Å². The van der Waals surface area contributed by atoms with Crippen LogP contribution in [0.3, 0.4) is 0 Å². The zero-order valence-electron chi connectivity index (χ0n) is 12.7. The zero-order chi connectivity index (χ0) is 17.0. The van der Waals surface area contributed by atoms with Gasteiger partial charge in [0, 0.05) is 5.56 Å². The van der Waals surface area contributed by atoms with Crippen molar-refractivity contribution in [2.24, 2.45) is 0 Å². The van der Waals surface area contributed by atoms with Gasteiger partial charge in [0.15, 0.2) is 0 Å². The fourth-order valence-corrected chi connectivity index (χ4v) is 2.85. The minimum atomic E-state index is -2.61. The lowest BCUT2D eigenvalue weighted by atomic mass is 10.0. The molecule has 0 aliphatic heterocycles. The van der Waals surface area contributed by atoms with Crippen LogP contribution in [-0.2, 0) is 6.54 Å². The van der Waals surface area contributed by atoms with Crippen LogP contribution >= 0.6 is 27.7 Å². The van der Waals surface area contributed by atoms with E-state index in [4.69, 9.17) is 4.74 Å². The first-order chi connectivity index (χ1) is 10.9. The smallest absolute Gasteiger partial charge is 0.265 e. The summed E-state index contributed by atoms with van der Waals surface area (Å²) in [6.07, 6.45) is -0.670. The zero-order valence-corrected chi connectivity index (χ0v) is 15.1. The normalized spacial score (nSPS) is 11.0. The Kier molecular flexibility index (Phi) is 6.24. The van der Waals surface area contributed by atoms with Crippen molar-refractivity contribution < 1.29 is 13.5 Å². The van der Waals surface area contributed by atoms with Crippen molar-refractivity contribution in [1.82, 2.24) is 4.57 Å². The van der Waals surface area contributed by atoms with Gasteiger partial charge < -0.3 is 9.30 Å². The second-order valence-corrected chi connectivity index (χ2v) is 6.57. The molecule has 0 unspecified atom stereocenters. The molecule has 7 heteroatoms. The number of aromatic nitrogens is 1. The van der Waals surface area contributed by atoms with E-state index in [-0.39, 0.29) is 4.47 Å². The maximum atomic E-state index is 12.8. The molecule has 2 rings (SSSR count). The van der Waals surface area contributed by atoms with Gasteiger partial charge in [-0.15, -0.1) is 11.8 Å². The molecule has 0 radical (unpaired) electrons. The summed E-state index contributed by atoms with van der Waals surface area (Å²) in [7, 11) is 0. The third-order valence-corrected chi connectivity index (χ3v) is 4.22. The van der Waals surface area contributed by atoms with Crippen molar-refractivity contribution in [3.63, 3.8) is 0 Å². The number of halogens is 3. The maximum absolute atomic E-state index is 12.8. The molecule has 0 saturated heterocycles. The Hall–Kier alpha value is -1.34. The van der Waals surface area contributed by atoms with E-state index in [9.17, 15) is 13.6 Å². The predicted octanol–water partition coefficient (Wildman–Crippen LogP) is 4.55. The maximum Gasteiger partial charge on any atom is 0.265 e. The van der Waals surface area contributed by atoms with E-state index in [2.05, 4.69) is 15.9 Å². The molecule has 0 fully saturated rings. The van der Waals surface area contributed by atoms with Crippen LogP contribution in [0.1, 0.15) is 5.56 Å². The first-order valence-electron chi connectivity index (χ1n) is 6.84. The minimum Gasteiger partial charge on any atom is -0.483 e. The molecule has 0 aliphatic carbocycles. The van der Waals surface area contributed by atoms with Crippen LogP contribution in [0.25, 0.3) is 11.3 Å². The van der Waals surface area contributed by atoms with Crippen LogP contribution in [0.5, 0.6) is 5.75 Å². The summed E-state index contributed by atoms with van der Waals surface area (Å²) in [5.74, 6) is 1.24. The molecule has 0 spiro atoms. The highest BCUT2D eigenvalue weighted by atomic mass is 79.9. The van der Waals surface area contributed by atoms with Crippen molar-refractivity contribution in [1.29, 1.82) is 0 Å². The number of thioether (sulfide) groups is 1. The summed E-state index contributed by atoms with van der Waals surface area (Å²) in [6.45, 7) is 1.22. The Morgan fingerprint density at radius 3 is 2.65 bits per heavy atom. The van der Waals surface area contributed by atoms with Gasteiger partial charge in [-0.05, 0) is 65.0 Å². The van der Waals surface area contributed by atoms with Gasteiger partial charge in [0.05, 0.1) is 16.7 Å². The Labute approximate surface area is 145 Å². The Balaban J connectivity index is 2.49. The Morgan fingerprint density at radius 2 is 2.04 bits per heavy atom. The predicted molar refractivity (Wildman–Crippen MR) is 93.6 cm³/mol. The fraction of sp³-hybridized carbons (Fsp3) is 0.312. The fourth-order valence-electron chi connectivity index (χ4n) is 2.25. The van der Waals surface area contributed by atoms with Crippen molar-refractivity contribution in [2.45, 2.75) is 19.9 Å². The third-order valence-electron chi connectivity index (χ3n) is 3.27. The van der Waals surface area contributed by atoms with Crippen LogP contribution < -0.4 is 10.3 Å². The Morgan fingerprint density at radius 1 is 1.30 bits per heavy atom. The largest absolute Gasteiger partial charge is 0.483 e. The van der Waals surface area contributed by atoms with E-state index in [0.29, 0.717) is 17.4 Å². The summed E-state index contributed by atoms with van der Waals surface area (Å²) in [5.41, 5.74) is 1.58. The molecule has 1 heterocycles. The van der Waals surface area contributed by atoms with Gasteiger partial charge in [-0.2, -0.15) is 0 Å². The number of nitrogens with zero attached hydrogens (tertiary/aromatic N) is 1. The van der Waals surface area contributed by atoms with Gasteiger partial charge in [-0.1, -0.05) is 0 Å². The van der Waals surface area contributed by atoms with Gasteiger partial charge in [-0.3, -0.25) is 4.79 Å². The van der Waals surface area contributed by atoms with Gasteiger partial charge in [0.2, 0.25) is 0 Å². The summed E-state index contributed by atoms with van der Waals surface area (Å²) in [4.78, 5) is 12.2. The van der Waals surface area contributed by atoms with Crippen LogP contribution in [0, 0.1) is 6.92 Å². The molecule has 0 bridgehead atoms. The molecule has 0 atom stereocenters. The molecule has 0 aliphatic rings. The molecule has 0 amide bonds. The number of hydrogen-bond acceptors (Lipinski definition) is 3. The van der Waals surface area contributed by atoms with E-state index in [1.165, 1.54) is 0 Å². The van der Waals surface area contributed by atoms with Crippen molar-refractivity contribution >= 4 is 27.7 Å². The highest BCUT2D eigenvalue weighted by Gasteiger charge is 2.15. The highest BCUT2D eigenvalue weighted by molar-refractivity contribution is 9.10. The molecule has 2 aromatic rings. The highest BCUT2D eigenvalue weighted by Crippen LogP contribution is 2.27. The molecular formula is C16H16BrF2NO2S. The van der Waals surface area contributed by atoms with Crippen LogP contribution in [0.15, 0.2) is 39.6 Å². The number of alkyl halides is 2. The number of hydrogen-bond donors (Lipinski definition) is 0. The standard InChI is InChI=1S/C16H16BrF2NO2S/c1-10-7-11(22-9-23-2)3-4-12(10)14-6-5-13(17)16(21)20(14)8-15(18)19/h3-7,15H,8-9H2,1-2H3. The lowest BCUT2D eigenvalue weighted by molar-refractivity contribution is 0.126. The van der Waals surface area contributed by atoms with E-state index in [1.54, 1.807) is 36.0 Å². The van der Waals surface area contributed by atoms with Crippen LogP contribution in [-0.4, -0.2) is 23.2 Å². The summed E-state index contributed by atoms with van der Waals surface area (Å²) in [6, 6.07) is 8.65. The van der Waals surface area contributed by atoms with E-state index < -0.39 is 18.5 Å². The monoisotopic (exact) mass is 403 g/mol. The number of rotatable bonds is 6. The molecule has 1 aromatic carbocycles. The molecule has 124 valence electrons. The third kappa shape index (κ3) is 4.35. The molecule has 3 nitrogen and oxygen atoms in total. The molecule has 1 aromatic heterocycles. The van der Waals surface area contributed by atoms with Crippen LogP contribution in [0.2, 0.25) is 0 Å². The quantitative estimate of drug-likeness (QED) is 0.662. The van der Waals surface area contributed by atoms with Crippen LogP contribution in [0.4, 0.5) is 8.78 Å². The van der Waals surface area contributed by atoms with E-state index in [0.717, 1.165) is 15.7 Å². The minimum absolute atomic E-state index is 0.263.